The van der Waals surface area contributed by atoms with Crippen LogP contribution in [0.5, 0.6) is 5.75 Å². The number of hydrogen-bond donors (Lipinski definition) is 2. The van der Waals surface area contributed by atoms with E-state index in [1.165, 1.54) is 13.2 Å². The maximum Gasteiger partial charge on any atom is 0.146 e. The number of rotatable bonds is 3. The van der Waals surface area contributed by atoms with Crippen LogP contribution in [-0.4, -0.2) is 18.3 Å². The molecule has 0 saturated heterocycles. The molecule has 0 aromatic heterocycles. The molecule has 2 atom stereocenters. The molecule has 15 heavy (non-hydrogen) atoms. The summed E-state index contributed by atoms with van der Waals surface area (Å²) < 4.78 is 19.0. The summed E-state index contributed by atoms with van der Waals surface area (Å²) in [7, 11) is 1.42. The maximum atomic E-state index is 13.7. The van der Waals surface area contributed by atoms with Crippen molar-refractivity contribution in [1.29, 1.82) is 0 Å². The maximum absolute atomic E-state index is 13.7. The minimum Gasteiger partial charge on any atom is -0.496 e. The molecule has 1 aromatic carbocycles. The van der Waals surface area contributed by atoms with Crippen molar-refractivity contribution in [3.05, 3.63) is 28.0 Å². The Hall–Kier alpha value is -0.650. The molecule has 1 rings (SSSR count). The molecule has 0 aliphatic carbocycles. The number of ether oxygens (including phenoxy) is 1. The molecule has 1 aromatic rings. The topological polar surface area (TPSA) is 55.5 Å². The van der Waals surface area contributed by atoms with Gasteiger partial charge in [-0.25, -0.2) is 4.39 Å². The summed E-state index contributed by atoms with van der Waals surface area (Å²) in [6.45, 7) is 1.60. The van der Waals surface area contributed by atoms with Crippen molar-refractivity contribution in [1.82, 2.24) is 0 Å². The molecule has 0 spiro atoms. The predicted octanol–water partition coefficient (Wildman–Crippen LogP) is 1.98. The number of hydrogen-bond acceptors (Lipinski definition) is 3. The third kappa shape index (κ3) is 2.48. The van der Waals surface area contributed by atoms with Crippen molar-refractivity contribution in [3.8, 4) is 5.75 Å². The zero-order valence-corrected chi connectivity index (χ0v) is 10.1. The molecule has 0 bridgehead atoms. The molecule has 5 heteroatoms. The zero-order valence-electron chi connectivity index (χ0n) is 8.50. The standard InChI is InChI=1S/C10H13BrFNO2/c1-5(13)10(14)8-7(15-2)4-3-6(11)9(8)12/h3-5,10,14H,13H2,1-2H3. The molecule has 0 amide bonds. The first-order chi connectivity index (χ1) is 6.99. The minimum atomic E-state index is -1.09. The van der Waals surface area contributed by atoms with E-state index in [0.29, 0.717) is 5.75 Å². The lowest BCUT2D eigenvalue weighted by Gasteiger charge is -2.19. The van der Waals surface area contributed by atoms with Gasteiger partial charge in [0, 0.05) is 6.04 Å². The van der Waals surface area contributed by atoms with Crippen LogP contribution in [0.1, 0.15) is 18.6 Å². The van der Waals surface area contributed by atoms with Crippen LogP contribution < -0.4 is 10.5 Å². The van der Waals surface area contributed by atoms with E-state index in [1.54, 1.807) is 13.0 Å². The highest BCUT2D eigenvalue weighted by molar-refractivity contribution is 9.10. The Kier molecular flexibility index (Phi) is 4.07. The summed E-state index contributed by atoms with van der Waals surface area (Å²) in [6.07, 6.45) is -1.09. The SMILES string of the molecule is COc1ccc(Br)c(F)c1C(O)C(C)N. The van der Waals surface area contributed by atoms with E-state index in [9.17, 15) is 9.50 Å². The van der Waals surface area contributed by atoms with Crippen LogP contribution in [-0.2, 0) is 0 Å². The molecular formula is C10H13BrFNO2. The average Bonchev–Trinajstić information content (AvgIpc) is 2.20. The number of halogens is 2. The quantitative estimate of drug-likeness (QED) is 0.888. The van der Waals surface area contributed by atoms with Crippen molar-refractivity contribution in [2.45, 2.75) is 19.1 Å². The lowest BCUT2D eigenvalue weighted by atomic mass is 10.0. The first kappa shape index (κ1) is 12.4. The summed E-state index contributed by atoms with van der Waals surface area (Å²) >= 11 is 3.04. The molecule has 0 aliphatic heterocycles. The van der Waals surface area contributed by atoms with Gasteiger partial charge in [0.25, 0.3) is 0 Å². The van der Waals surface area contributed by atoms with E-state index in [4.69, 9.17) is 10.5 Å². The Morgan fingerprint density at radius 1 is 1.53 bits per heavy atom. The van der Waals surface area contributed by atoms with E-state index in [-0.39, 0.29) is 10.0 Å². The lowest BCUT2D eigenvalue weighted by Crippen LogP contribution is -2.25. The summed E-state index contributed by atoms with van der Waals surface area (Å²) in [4.78, 5) is 0. The van der Waals surface area contributed by atoms with Crippen molar-refractivity contribution in [2.24, 2.45) is 5.73 Å². The van der Waals surface area contributed by atoms with E-state index in [1.807, 2.05) is 0 Å². The Morgan fingerprint density at radius 2 is 2.13 bits per heavy atom. The van der Waals surface area contributed by atoms with Crippen LogP contribution in [0.3, 0.4) is 0 Å². The van der Waals surface area contributed by atoms with E-state index in [2.05, 4.69) is 15.9 Å². The normalized spacial score (nSPS) is 14.8. The molecular weight excluding hydrogens is 265 g/mol. The summed E-state index contributed by atoms with van der Waals surface area (Å²) in [5.41, 5.74) is 5.61. The summed E-state index contributed by atoms with van der Waals surface area (Å²) in [5.74, 6) is -0.250. The Labute approximate surface area is 96.2 Å². The summed E-state index contributed by atoms with van der Waals surface area (Å²) in [6, 6.07) is 2.53. The van der Waals surface area contributed by atoms with Gasteiger partial charge in [0.2, 0.25) is 0 Å². The van der Waals surface area contributed by atoms with Gasteiger partial charge in [-0.1, -0.05) is 0 Å². The largest absolute Gasteiger partial charge is 0.496 e. The predicted molar refractivity (Wildman–Crippen MR) is 59.3 cm³/mol. The first-order valence-corrected chi connectivity index (χ1v) is 5.23. The number of nitrogens with two attached hydrogens (primary N) is 1. The van der Waals surface area contributed by atoms with Crippen LogP contribution >= 0.6 is 15.9 Å². The lowest BCUT2D eigenvalue weighted by molar-refractivity contribution is 0.144. The van der Waals surface area contributed by atoms with Crippen LogP contribution in [0.4, 0.5) is 4.39 Å². The smallest absolute Gasteiger partial charge is 0.146 e. The molecule has 0 saturated carbocycles. The Bertz CT molecular complexity index is 358. The highest BCUT2D eigenvalue weighted by atomic mass is 79.9. The van der Waals surface area contributed by atoms with Gasteiger partial charge in [-0.3, -0.25) is 0 Å². The molecule has 0 heterocycles. The molecule has 0 radical (unpaired) electrons. The van der Waals surface area contributed by atoms with Crippen molar-refractivity contribution in [2.75, 3.05) is 7.11 Å². The second kappa shape index (κ2) is 4.92. The molecule has 3 nitrogen and oxygen atoms in total. The van der Waals surface area contributed by atoms with Gasteiger partial charge < -0.3 is 15.6 Å². The number of benzene rings is 1. The van der Waals surface area contributed by atoms with E-state index >= 15 is 0 Å². The third-order valence-corrected chi connectivity index (χ3v) is 2.72. The Morgan fingerprint density at radius 3 is 2.60 bits per heavy atom. The second-order valence-electron chi connectivity index (χ2n) is 3.28. The number of aliphatic hydroxyl groups is 1. The van der Waals surface area contributed by atoms with Gasteiger partial charge in [-0.2, -0.15) is 0 Å². The van der Waals surface area contributed by atoms with Crippen molar-refractivity contribution < 1.29 is 14.2 Å². The van der Waals surface area contributed by atoms with Crippen molar-refractivity contribution in [3.63, 3.8) is 0 Å². The highest BCUT2D eigenvalue weighted by Gasteiger charge is 2.23. The molecule has 0 aliphatic rings. The van der Waals surface area contributed by atoms with Crippen molar-refractivity contribution >= 4 is 15.9 Å². The first-order valence-electron chi connectivity index (χ1n) is 4.44. The van der Waals surface area contributed by atoms with Gasteiger partial charge in [0.05, 0.1) is 17.1 Å². The Balaban J connectivity index is 3.29. The fourth-order valence-corrected chi connectivity index (χ4v) is 1.61. The average molecular weight is 278 g/mol. The monoisotopic (exact) mass is 277 g/mol. The fourth-order valence-electron chi connectivity index (χ4n) is 1.27. The minimum absolute atomic E-state index is 0.0851. The van der Waals surface area contributed by atoms with E-state index < -0.39 is 18.0 Å². The fraction of sp³-hybridized carbons (Fsp3) is 0.400. The van der Waals surface area contributed by atoms with Gasteiger partial charge in [-0.05, 0) is 35.0 Å². The molecule has 2 unspecified atom stereocenters. The van der Waals surface area contributed by atoms with E-state index in [0.717, 1.165) is 0 Å². The molecule has 3 N–H and O–H groups in total. The van der Waals surface area contributed by atoms with Gasteiger partial charge in [0.15, 0.2) is 0 Å². The summed E-state index contributed by atoms with van der Waals surface area (Å²) in [5, 5.41) is 9.75. The molecule has 0 fully saturated rings. The van der Waals surface area contributed by atoms with Crippen LogP contribution in [0.25, 0.3) is 0 Å². The molecule has 84 valence electrons. The van der Waals surface area contributed by atoms with Crippen LogP contribution in [0, 0.1) is 5.82 Å². The zero-order chi connectivity index (χ0) is 11.6. The van der Waals surface area contributed by atoms with Crippen LogP contribution in [0.15, 0.2) is 16.6 Å². The highest BCUT2D eigenvalue weighted by Crippen LogP contribution is 2.33. The second-order valence-corrected chi connectivity index (χ2v) is 4.14. The third-order valence-electron chi connectivity index (χ3n) is 2.11. The number of aliphatic hydroxyl groups excluding tert-OH is 1. The number of methoxy groups -OCH3 is 1. The van der Waals surface area contributed by atoms with Gasteiger partial charge >= 0.3 is 0 Å². The van der Waals surface area contributed by atoms with Crippen LogP contribution in [0.2, 0.25) is 0 Å². The van der Waals surface area contributed by atoms with Gasteiger partial charge in [-0.15, -0.1) is 0 Å². The van der Waals surface area contributed by atoms with Gasteiger partial charge in [0.1, 0.15) is 17.7 Å².